The van der Waals surface area contributed by atoms with E-state index in [9.17, 15) is 15.3 Å². The number of aliphatic hydroxyl groups is 3. The lowest BCUT2D eigenvalue weighted by Crippen LogP contribution is -2.68. The Balaban J connectivity index is 1.99. The molecule has 0 aromatic carbocycles. The predicted octanol–water partition coefficient (Wildman–Crippen LogP) is 7.14. The molecule has 0 amide bonds. The van der Waals surface area contributed by atoms with Gasteiger partial charge in [-0.25, -0.2) is 0 Å². The predicted molar refractivity (Wildman–Crippen MR) is 142 cm³/mol. The first kappa shape index (κ1) is 28.2. The summed E-state index contributed by atoms with van der Waals surface area (Å²) < 4.78 is 0. The number of hydrogen-bond donors (Lipinski definition) is 3. The Morgan fingerprint density at radius 2 is 1.65 bits per heavy atom. The van der Waals surface area contributed by atoms with Gasteiger partial charge in [0.15, 0.2) is 0 Å². The molecule has 3 aliphatic carbocycles. The van der Waals surface area contributed by atoms with Crippen LogP contribution in [0.4, 0.5) is 0 Å². The van der Waals surface area contributed by atoms with Crippen molar-refractivity contribution >= 4 is 0 Å². The average Bonchev–Trinajstić information content (AvgIpc) is 2.72. The maximum Gasteiger partial charge on any atom is 0.0651 e. The summed E-state index contributed by atoms with van der Waals surface area (Å²) in [6, 6.07) is 0. The van der Waals surface area contributed by atoms with E-state index in [0.29, 0.717) is 11.8 Å². The van der Waals surface area contributed by atoms with Gasteiger partial charge in [0.05, 0.1) is 17.8 Å². The zero-order chi connectivity index (χ0) is 25.9. The van der Waals surface area contributed by atoms with Crippen molar-refractivity contribution in [1.29, 1.82) is 0 Å². The molecule has 3 fully saturated rings. The average molecular weight is 477 g/mol. The van der Waals surface area contributed by atoms with E-state index in [0.717, 1.165) is 51.4 Å². The lowest BCUT2D eigenvalue weighted by atomic mass is 9.34. The third kappa shape index (κ3) is 4.14. The number of rotatable bonds is 6. The molecule has 0 radical (unpaired) electrons. The monoisotopic (exact) mass is 476 g/mol. The van der Waals surface area contributed by atoms with Crippen molar-refractivity contribution in [2.75, 3.05) is 0 Å². The quantitative estimate of drug-likeness (QED) is 0.357. The Morgan fingerprint density at radius 1 is 1.03 bits per heavy atom. The van der Waals surface area contributed by atoms with E-state index < -0.39 is 11.7 Å². The Bertz CT molecular complexity index is 765. The molecule has 0 heterocycles. The molecule has 0 saturated heterocycles. The zero-order valence-electron chi connectivity index (χ0n) is 24.0. The molecular formula is C31H56O3. The number of fused-ring (bicyclic) bond motifs is 3. The van der Waals surface area contributed by atoms with Crippen LogP contribution >= 0.6 is 0 Å². The van der Waals surface area contributed by atoms with Crippen LogP contribution < -0.4 is 0 Å². The molecule has 198 valence electrons. The minimum Gasteiger partial charge on any atom is -0.393 e. The molecule has 0 aromatic rings. The van der Waals surface area contributed by atoms with Crippen molar-refractivity contribution < 1.29 is 15.3 Å². The fraction of sp³-hybridized carbons (Fsp3) is 0.935. The Hall–Kier alpha value is -0.380. The minimum absolute atomic E-state index is 0.0194. The van der Waals surface area contributed by atoms with Crippen molar-refractivity contribution in [3.05, 3.63) is 11.6 Å². The molecule has 0 spiro atoms. The molecular weight excluding hydrogens is 420 g/mol. The molecule has 3 N–H and O–H groups in total. The van der Waals surface area contributed by atoms with Gasteiger partial charge < -0.3 is 15.3 Å². The molecule has 34 heavy (non-hydrogen) atoms. The van der Waals surface area contributed by atoms with Crippen molar-refractivity contribution in [3.63, 3.8) is 0 Å². The summed E-state index contributed by atoms with van der Waals surface area (Å²) in [7, 11) is 0. The van der Waals surface area contributed by atoms with Gasteiger partial charge in [-0.2, -0.15) is 0 Å². The lowest BCUT2D eigenvalue weighted by molar-refractivity contribution is -0.259. The largest absolute Gasteiger partial charge is 0.393 e. The summed E-state index contributed by atoms with van der Waals surface area (Å²) in [5, 5.41) is 34.4. The summed E-state index contributed by atoms with van der Waals surface area (Å²) in [6.45, 7) is 22.7. The van der Waals surface area contributed by atoms with Gasteiger partial charge in [-0.05, 0) is 117 Å². The summed E-state index contributed by atoms with van der Waals surface area (Å²) >= 11 is 0. The van der Waals surface area contributed by atoms with Crippen molar-refractivity contribution in [2.24, 2.45) is 45.3 Å². The van der Waals surface area contributed by atoms with Crippen LogP contribution in [0.3, 0.4) is 0 Å². The molecule has 0 aromatic heterocycles. The second-order valence-electron chi connectivity index (χ2n) is 14.5. The highest BCUT2D eigenvalue weighted by atomic mass is 16.3. The smallest absolute Gasteiger partial charge is 0.0651 e. The Labute approximate surface area is 210 Å². The summed E-state index contributed by atoms with van der Waals surface area (Å²) in [6.07, 6.45) is 9.24. The molecule has 0 bridgehead atoms. The van der Waals surface area contributed by atoms with Gasteiger partial charge in [0.25, 0.3) is 0 Å². The Morgan fingerprint density at radius 3 is 2.21 bits per heavy atom. The second kappa shape index (κ2) is 9.18. The van der Waals surface area contributed by atoms with E-state index >= 15 is 0 Å². The molecule has 4 unspecified atom stereocenters. The summed E-state index contributed by atoms with van der Waals surface area (Å²) in [4.78, 5) is 0. The first-order valence-corrected chi connectivity index (χ1v) is 14.2. The number of hydrogen-bond acceptors (Lipinski definition) is 3. The first-order valence-electron chi connectivity index (χ1n) is 14.2. The van der Waals surface area contributed by atoms with Crippen LogP contribution in [0.25, 0.3) is 0 Å². The first-order chi connectivity index (χ1) is 15.5. The standard InChI is InChI=1S/C31H56O3/c1-11-29(8)26(21(4)31(10,34)16-12-13-20(2)3)22(32)19-24-28(7)17-15-25(33)27(5,6)23(28)14-18-30(24,29)9/h13,21-26,32-34H,11-12,14-19H2,1-10H3/t21?,22-,23?,24?,25+,26?,28+,29-,30-,31-/m1/s1. The van der Waals surface area contributed by atoms with Crippen molar-refractivity contribution in [3.8, 4) is 0 Å². The fourth-order valence-electron chi connectivity index (χ4n) is 9.74. The topological polar surface area (TPSA) is 60.7 Å². The van der Waals surface area contributed by atoms with Crippen LogP contribution in [-0.2, 0) is 0 Å². The van der Waals surface area contributed by atoms with Gasteiger partial charge in [-0.1, -0.05) is 60.1 Å². The number of aliphatic hydroxyl groups excluding tert-OH is 2. The SMILES string of the molecule is CC[C@]1(C)C(C(C)[C@](C)(O)CCC=C(C)C)[C@H](O)CC2[C@@]3(C)CC[C@H](O)C(C)(C)C3CC[C@]21C. The van der Waals surface area contributed by atoms with Gasteiger partial charge >= 0.3 is 0 Å². The number of allylic oxidation sites excluding steroid dienone is 2. The summed E-state index contributed by atoms with van der Waals surface area (Å²) in [5.41, 5.74) is 0.590. The molecule has 10 atom stereocenters. The highest BCUT2D eigenvalue weighted by molar-refractivity contribution is 5.17. The lowest BCUT2D eigenvalue weighted by Gasteiger charge is -2.71. The van der Waals surface area contributed by atoms with Gasteiger partial charge in [0, 0.05) is 0 Å². The maximum absolute atomic E-state index is 11.9. The third-order valence-corrected chi connectivity index (χ3v) is 12.4. The Kier molecular flexibility index (Phi) is 7.61. The van der Waals surface area contributed by atoms with Crippen LogP contribution in [0, 0.1) is 45.3 Å². The molecule has 3 rings (SSSR count). The molecule has 3 nitrogen and oxygen atoms in total. The zero-order valence-corrected chi connectivity index (χ0v) is 24.0. The van der Waals surface area contributed by atoms with E-state index in [1.54, 1.807) is 0 Å². The van der Waals surface area contributed by atoms with Gasteiger partial charge in [-0.15, -0.1) is 0 Å². The van der Waals surface area contributed by atoms with Crippen LogP contribution in [0.1, 0.15) is 121 Å². The highest BCUT2D eigenvalue weighted by Gasteiger charge is 2.68. The fourth-order valence-corrected chi connectivity index (χ4v) is 9.74. The second-order valence-corrected chi connectivity index (χ2v) is 14.5. The summed E-state index contributed by atoms with van der Waals surface area (Å²) in [5.74, 6) is 1.01. The van der Waals surface area contributed by atoms with Crippen LogP contribution in [-0.4, -0.2) is 33.1 Å². The van der Waals surface area contributed by atoms with Crippen LogP contribution in [0.2, 0.25) is 0 Å². The van der Waals surface area contributed by atoms with Gasteiger partial charge in [-0.3, -0.25) is 0 Å². The van der Waals surface area contributed by atoms with Crippen molar-refractivity contribution in [1.82, 2.24) is 0 Å². The minimum atomic E-state index is -0.810. The van der Waals surface area contributed by atoms with E-state index in [4.69, 9.17) is 0 Å². The molecule has 0 aliphatic heterocycles. The normalized spacial score (nSPS) is 46.6. The van der Waals surface area contributed by atoms with Crippen LogP contribution in [0.5, 0.6) is 0 Å². The third-order valence-electron chi connectivity index (χ3n) is 12.4. The molecule has 3 aliphatic rings. The van der Waals surface area contributed by atoms with Crippen LogP contribution in [0.15, 0.2) is 11.6 Å². The van der Waals surface area contributed by atoms with E-state index in [1.807, 2.05) is 6.92 Å². The van der Waals surface area contributed by atoms with E-state index in [-0.39, 0.29) is 39.6 Å². The van der Waals surface area contributed by atoms with E-state index in [2.05, 4.69) is 68.4 Å². The van der Waals surface area contributed by atoms with Gasteiger partial charge in [0.2, 0.25) is 0 Å². The van der Waals surface area contributed by atoms with Crippen molar-refractivity contribution in [2.45, 2.75) is 138 Å². The highest BCUT2D eigenvalue weighted by Crippen LogP contribution is 2.73. The molecule has 3 saturated carbocycles. The molecule has 3 heteroatoms. The van der Waals surface area contributed by atoms with E-state index in [1.165, 1.54) is 5.57 Å². The maximum atomic E-state index is 11.9. The van der Waals surface area contributed by atoms with Gasteiger partial charge in [0.1, 0.15) is 0 Å².